The smallest absolute Gasteiger partial charge is 0.255 e. The van der Waals surface area contributed by atoms with Crippen molar-refractivity contribution in [2.75, 3.05) is 15.9 Å². The van der Waals surface area contributed by atoms with Crippen molar-refractivity contribution in [3.8, 4) is 0 Å². The van der Waals surface area contributed by atoms with Crippen LogP contribution in [0.5, 0.6) is 0 Å². The number of aromatic nitrogens is 1. The molecule has 0 bridgehead atoms. The van der Waals surface area contributed by atoms with Gasteiger partial charge in [0.2, 0.25) is 10.0 Å². The summed E-state index contributed by atoms with van der Waals surface area (Å²) in [4.78, 5) is 16.8. The van der Waals surface area contributed by atoms with Gasteiger partial charge in [0.15, 0.2) is 0 Å². The minimum Gasteiger partial charge on any atom is -0.322 e. The molecular weight excluding hydrogens is 482 g/mol. The Morgan fingerprint density at radius 3 is 1.95 bits per heavy atom. The van der Waals surface area contributed by atoms with Crippen LogP contribution >= 0.6 is 0 Å². The lowest BCUT2D eigenvalue weighted by atomic mass is 10.0. The number of sulfonamides is 1. The van der Waals surface area contributed by atoms with Gasteiger partial charge in [-0.3, -0.25) is 14.1 Å². The molecule has 0 saturated heterocycles. The number of amides is 1. The summed E-state index contributed by atoms with van der Waals surface area (Å²) >= 11 is 0. The van der Waals surface area contributed by atoms with E-state index in [1.165, 1.54) is 16.1 Å². The predicted octanol–water partition coefficient (Wildman–Crippen LogP) is 6.01. The predicted molar refractivity (Wildman–Crippen MR) is 149 cm³/mol. The van der Waals surface area contributed by atoms with Gasteiger partial charge in [-0.05, 0) is 83.1 Å². The maximum absolute atomic E-state index is 12.8. The number of benzene rings is 3. The second kappa shape index (κ2) is 11.4. The van der Waals surface area contributed by atoms with Gasteiger partial charge in [0, 0.05) is 23.6 Å². The summed E-state index contributed by atoms with van der Waals surface area (Å²) in [6, 6.07) is 26.3. The lowest BCUT2D eigenvalue weighted by molar-refractivity contribution is 0.102. The monoisotopic (exact) mass is 513 g/mol. The first-order valence-corrected chi connectivity index (χ1v) is 14.0. The highest BCUT2D eigenvalue weighted by Crippen LogP contribution is 2.24. The Morgan fingerprint density at radius 1 is 0.811 bits per heavy atom. The molecule has 0 aliphatic heterocycles. The number of hydrogen-bond donors (Lipinski definition) is 1. The largest absolute Gasteiger partial charge is 0.322 e. The normalized spacial score (nSPS) is 11.4. The van der Waals surface area contributed by atoms with Crippen molar-refractivity contribution in [3.05, 3.63) is 125 Å². The number of anilines is 2. The highest BCUT2D eigenvalue weighted by atomic mass is 32.2. The van der Waals surface area contributed by atoms with E-state index in [9.17, 15) is 13.2 Å². The molecule has 1 N–H and O–H groups in total. The van der Waals surface area contributed by atoms with Gasteiger partial charge in [0.25, 0.3) is 5.91 Å². The molecule has 37 heavy (non-hydrogen) atoms. The van der Waals surface area contributed by atoms with Gasteiger partial charge < -0.3 is 5.32 Å². The van der Waals surface area contributed by atoms with Crippen LogP contribution in [0.15, 0.2) is 97.3 Å². The number of carbonyl (C=O) groups excluding carboxylic acids is 1. The first kappa shape index (κ1) is 26.1. The number of nitrogens with one attached hydrogen (secondary N) is 1. The summed E-state index contributed by atoms with van der Waals surface area (Å²) in [5.74, 6) is 0.141. The number of pyridine rings is 1. The second-order valence-corrected chi connectivity index (χ2v) is 11.3. The highest BCUT2D eigenvalue weighted by molar-refractivity contribution is 7.92. The van der Waals surface area contributed by atoms with Crippen molar-refractivity contribution in [1.82, 2.24) is 4.98 Å². The van der Waals surface area contributed by atoms with Gasteiger partial charge in [0.05, 0.1) is 18.5 Å². The van der Waals surface area contributed by atoms with Crippen LogP contribution in [0, 0.1) is 0 Å². The van der Waals surface area contributed by atoms with E-state index in [1.807, 2.05) is 60.7 Å². The summed E-state index contributed by atoms with van der Waals surface area (Å²) in [6.07, 6.45) is 5.55. The Kier molecular flexibility index (Phi) is 8.04. The number of rotatable bonds is 9. The summed E-state index contributed by atoms with van der Waals surface area (Å²) in [7, 11) is -3.49. The van der Waals surface area contributed by atoms with E-state index in [0.717, 1.165) is 23.1 Å². The zero-order chi connectivity index (χ0) is 26.4. The molecule has 1 aromatic heterocycles. The average molecular weight is 514 g/mol. The van der Waals surface area contributed by atoms with Crippen LogP contribution in [0.3, 0.4) is 0 Å². The lowest BCUT2D eigenvalue weighted by Gasteiger charge is -2.23. The SMILES string of the molecule is CC(C)c1ccc(N(Cc2ccc(C(=O)Nc3ccc(Cc4ccncc4)cc3)cc2)S(C)(=O)=O)cc1. The molecule has 0 saturated carbocycles. The third-order valence-electron chi connectivity index (χ3n) is 6.16. The second-order valence-electron chi connectivity index (χ2n) is 9.40. The molecule has 3 aromatic carbocycles. The van der Waals surface area contributed by atoms with Gasteiger partial charge in [-0.15, -0.1) is 0 Å². The van der Waals surface area contributed by atoms with Gasteiger partial charge in [0.1, 0.15) is 0 Å². The van der Waals surface area contributed by atoms with Crippen LogP contribution in [-0.2, 0) is 23.0 Å². The minimum atomic E-state index is -3.49. The summed E-state index contributed by atoms with van der Waals surface area (Å²) in [5, 5.41) is 2.92. The lowest BCUT2D eigenvalue weighted by Crippen LogP contribution is -2.29. The molecule has 190 valence electrons. The van der Waals surface area contributed by atoms with Crippen LogP contribution < -0.4 is 9.62 Å². The Morgan fingerprint density at radius 2 is 1.38 bits per heavy atom. The molecule has 0 atom stereocenters. The van der Waals surface area contributed by atoms with E-state index in [2.05, 4.69) is 24.1 Å². The van der Waals surface area contributed by atoms with Crippen molar-refractivity contribution in [1.29, 1.82) is 0 Å². The first-order chi connectivity index (χ1) is 17.7. The molecule has 0 spiro atoms. The fraction of sp³-hybridized carbons (Fsp3) is 0.200. The molecule has 0 aliphatic carbocycles. The molecule has 1 amide bonds. The van der Waals surface area contributed by atoms with Crippen molar-refractivity contribution in [2.24, 2.45) is 0 Å². The van der Waals surface area contributed by atoms with E-state index >= 15 is 0 Å². The zero-order valence-corrected chi connectivity index (χ0v) is 22.1. The van der Waals surface area contributed by atoms with Crippen LogP contribution in [0.2, 0.25) is 0 Å². The topological polar surface area (TPSA) is 79.4 Å². The molecule has 6 nitrogen and oxygen atoms in total. The maximum Gasteiger partial charge on any atom is 0.255 e. The Labute approximate surface area is 219 Å². The maximum atomic E-state index is 12.8. The number of hydrogen-bond acceptors (Lipinski definition) is 4. The number of nitrogens with zero attached hydrogens (tertiary/aromatic N) is 2. The van der Waals surface area contributed by atoms with E-state index in [0.29, 0.717) is 22.9 Å². The Bertz CT molecular complexity index is 1430. The fourth-order valence-electron chi connectivity index (χ4n) is 4.00. The average Bonchev–Trinajstić information content (AvgIpc) is 2.89. The van der Waals surface area contributed by atoms with Crippen molar-refractivity contribution >= 4 is 27.3 Å². The molecule has 0 fully saturated rings. The van der Waals surface area contributed by atoms with Gasteiger partial charge >= 0.3 is 0 Å². The third kappa shape index (κ3) is 7.05. The summed E-state index contributed by atoms with van der Waals surface area (Å²) < 4.78 is 26.4. The van der Waals surface area contributed by atoms with Crippen LogP contribution in [0.25, 0.3) is 0 Å². The molecule has 0 radical (unpaired) electrons. The quantitative estimate of drug-likeness (QED) is 0.297. The molecule has 0 aliphatic rings. The van der Waals surface area contributed by atoms with E-state index in [1.54, 1.807) is 36.7 Å². The third-order valence-corrected chi connectivity index (χ3v) is 7.30. The summed E-state index contributed by atoms with van der Waals surface area (Å²) in [5.41, 5.74) is 6.07. The summed E-state index contributed by atoms with van der Waals surface area (Å²) in [6.45, 7) is 4.38. The van der Waals surface area contributed by atoms with Gasteiger partial charge in [-0.2, -0.15) is 0 Å². The van der Waals surface area contributed by atoms with E-state index in [4.69, 9.17) is 0 Å². The van der Waals surface area contributed by atoms with Gasteiger partial charge in [-0.25, -0.2) is 8.42 Å². The van der Waals surface area contributed by atoms with Crippen LogP contribution in [-0.4, -0.2) is 25.6 Å². The van der Waals surface area contributed by atoms with Crippen molar-refractivity contribution in [2.45, 2.75) is 32.7 Å². The molecule has 7 heteroatoms. The van der Waals surface area contributed by atoms with E-state index < -0.39 is 10.0 Å². The molecular formula is C30H31N3O3S. The van der Waals surface area contributed by atoms with Gasteiger partial charge in [-0.1, -0.05) is 50.2 Å². The fourth-order valence-corrected chi connectivity index (χ4v) is 4.89. The minimum absolute atomic E-state index is 0.181. The van der Waals surface area contributed by atoms with Crippen molar-refractivity contribution in [3.63, 3.8) is 0 Å². The Balaban J connectivity index is 1.40. The molecule has 4 rings (SSSR count). The molecule has 4 aromatic rings. The number of carbonyl (C=O) groups is 1. The molecule has 1 heterocycles. The molecule has 0 unspecified atom stereocenters. The van der Waals surface area contributed by atoms with E-state index in [-0.39, 0.29) is 12.5 Å². The van der Waals surface area contributed by atoms with Crippen LogP contribution in [0.4, 0.5) is 11.4 Å². The highest BCUT2D eigenvalue weighted by Gasteiger charge is 2.18. The van der Waals surface area contributed by atoms with Crippen molar-refractivity contribution < 1.29 is 13.2 Å². The Hall–Kier alpha value is -3.97. The zero-order valence-electron chi connectivity index (χ0n) is 21.3. The standard InChI is InChI=1S/C30H31N3O3S/c1-22(2)26-10-14-29(15-11-26)33(37(3,35)36)21-25-4-8-27(9-5-25)30(34)32-28-12-6-23(7-13-28)20-24-16-18-31-19-17-24/h4-19,22H,20-21H2,1-3H3,(H,32,34). The van der Waals surface area contributed by atoms with Crippen LogP contribution in [0.1, 0.15) is 52.4 Å². The first-order valence-electron chi connectivity index (χ1n) is 12.1.